The van der Waals surface area contributed by atoms with Gasteiger partial charge in [0.25, 0.3) is 0 Å². The van der Waals surface area contributed by atoms with Crippen LogP contribution in [0.4, 0.5) is 4.79 Å². The Morgan fingerprint density at radius 1 is 1.36 bits per heavy atom. The maximum atomic E-state index is 10.7. The summed E-state index contributed by atoms with van der Waals surface area (Å²) in [6, 6.07) is 0. The summed E-state index contributed by atoms with van der Waals surface area (Å²) in [5.74, 6) is 0. The van der Waals surface area contributed by atoms with E-state index < -0.39 is 6.09 Å². The number of rotatable bonds is 6. The van der Waals surface area contributed by atoms with E-state index in [1.807, 2.05) is 6.92 Å². The minimum absolute atomic E-state index is 0.516. The minimum Gasteiger partial charge on any atom is -0.452 e. The van der Waals surface area contributed by atoms with E-state index in [0.29, 0.717) is 0 Å². The van der Waals surface area contributed by atoms with E-state index in [1.165, 1.54) is 26.4 Å². The standard InChI is InChI=1S/C10H20N2O2/c1-4-5-6-7-8-9(2)11-12-10(13)14-3/h4-8H2,1-3H3,(H,12,13)/b11-9+. The number of hydrazone groups is 1. The minimum atomic E-state index is -0.516. The number of nitrogens with one attached hydrogen (secondary N) is 1. The SMILES string of the molecule is CCCCCC/C(C)=N/NC(=O)OC. The molecule has 4 heteroatoms. The molecule has 0 aromatic rings. The molecular weight excluding hydrogens is 180 g/mol. The molecule has 0 aromatic carbocycles. The zero-order valence-electron chi connectivity index (χ0n) is 9.30. The van der Waals surface area contributed by atoms with Crippen LogP contribution in [0, 0.1) is 0 Å². The summed E-state index contributed by atoms with van der Waals surface area (Å²) in [7, 11) is 1.32. The van der Waals surface area contributed by atoms with Crippen LogP contribution in [0.25, 0.3) is 0 Å². The van der Waals surface area contributed by atoms with Crippen LogP contribution in [0.2, 0.25) is 0 Å². The molecule has 0 aromatic heterocycles. The van der Waals surface area contributed by atoms with Gasteiger partial charge in [-0.1, -0.05) is 26.2 Å². The van der Waals surface area contributed by atoms with Gasteiger partial charge in [-0.05, 0) is 19.8 Å². The summed E-state index contributed by atoms with van der Waals surface area (Å²) >= 11 is 0. The summed E-state index contributed by atoms with van der Waals surface area (Å²) in [5, 5.41) is 3.88. The molecule has 0 aliphatic carbocycles. The molecule has 0 heterocycles. The third-order valence-corrected chi connectivity index (χ3v) is 1.92. The van der Waals surface area contributed by atoms with E-state index in [-0.39, 0.29) is 0 Å². The highest BCUT2D eigenvalue weighted by molar-refractivity contribution is 5.83. The fraction of sp³-hybridized carbons (Fsp3) is 0.800. The molecule has 0 saturated heterocycles. The largest absolute Gasteiger partial charge is 0.452 e. The molecule has 0 spiro atoms. The van der Waals surface area contributed by atoms with Gasteiger partial charge in [0.15, 0.2) is 0 Å². The van der Waals surface area contributed by atoms with Crippen LogP contribution in [-0.4, -0.2) is 18.9 Å². The molecule has 0 bridgehead atoms. The third kappa shape index (κ3) is 7.58. The van der Waals surface area contributed by atoms with Crippen molar-refractivity contribution in [1.29, 1.82) is 0 Å². The van der Waals surface area contributed by atoms with E-state index in [2.05, 4.69) is 22.2 Å². The Morgan fingerprint density at radius 3 is 2.64 bits per heavy atom. The summed E-state index contributed by atoms with van der Waals surface area (Å²) in [5.41, 5.74) is 3.24. The van der Waals surface area contributed by atoms with E-state index >= 15 is 0 Å². The zero-order chi connectivity index (χ0) is 10.8. The number of carbonyl (C=O) groups is 1. The van der Waals surface area contributed by atoms with Gasteiger partial charge in [0.05, 0.1) is 7.11 Å². The summed E-state index contributed by atoms with van der Waals surface area (Å²) in [6.45, 7) is 4.08. The molecule has 1 amide bonds. The monoisotopic (exact) mass is 200 g/mol. The molecule has 0 radical (unpaired) electrons. The number of ether oxygens (including phenoxy) is 1. The van der Waals surface area contributed by atoms with Crippen LogP contribution in [0.5, 0.6) is 0 Å². The second kappa shape index (κ2) is 8.53. The molecular formula is C10H20N2O2. The van der Waals surface area contributed by atoms with Crippen LogP contribution >= 0.6 is 0 Å². The van der Waals surface area contributed by atoms with E-state index in [4.69, 9.17) is 0 Å². The Balaban J connectivity index is 3.51. The maximum absolute atomic E-state index is 10.7. The second-order valence-electron chi connectivity index (χ2n) is 3.26. The molecule has 0 unspecified atom stereocenters. The Morgan fingerprint density at radius 2 is 2.07 bits per heavy atom. The number of nitrogens with zero attached hydrogens (tertiary/aromatic N) is 1. The number of carbonyl (C=O) groups excluding carboxylic acids is 1. The van der Waals surface area contributed by atoms with Crippen molar-refractivity contribution in [2.45, 2.75) is 46.0 Å². The Kier molecular flexibility index (Phi) is 7.89. The number of amides is 1. The van der Waals surface area contributed by atoms with E-state index in [0.717, 1.165) is 18.6 Å². The van der Waals surface area contributed by atoms with Crippen LogP contribution in [-0.2, 0) is 4.74 Å². The molecule has 0 saturated carbocycles. The topological polar surface area (TPSA) is 50.7 Å². The molecule has 4 nitrogen and oxygen atoms in total. The van der Waals surface area contributed by atoms with Crippen LogP contribution < -0.4 is 5.43 Å². The normalized spacial score (nSPS) is 11.2. The smallest absolute Gasteiger partial charge is 0.427 e. The van der Waals surface area contributed by atoms with Crippen LogP contribution in [0.3, 0.4) is 0 Å². The first kappa shape index (κ1) is 12.9. The van der Waals surface area contributed by atoms with Crippen molar-refractivity contribution in [2.24, 2.45) is 5.10 Å². The molecule has 0 rings (SSSR count). The van der Waals surface area contributed by atoms with Gasteiger partial charge < -0.3 is 4.74 Å². The second-order valence-corrected chi connectivity index (χ2v) is 3.26. The van der Waals surface area contributed by atoms with Crippen LogP contribution in [0.15, 0.2) is 5.10 Å². The highest BCUT2D eigenvalue weighted by atomic mass is 16.5. The van der Waals surface area contributed by atoms with Gasteiger partial charge in [0.2, 0.25) is 0 Å². The van der Waals surface area contributed by atoms with Gasteiger partial charge in [-0.2, -0.15) is 5.10 Å². The van der Waals surface area contributed by atoms with Crippen molar-refractivity contribution in [1.82, 2.24) is 5.43 Å². The van der Waals surface area contributed by atoms with Crippen LogP contribution in [0.1, 0.15) is 46.0 Å². The first-order valence-corrected chi connectivity index (χ1v) is 5.07. The molecule has 14 heavy (non-hydrogen) atoms. The van der Waals surface area contributed by atoms with Gasteiger partial charge in [0.1, 0.15) is 0 Å². The number of unbranched alkanes of at least 4 members (excludes halogenated alkanes) is 3. The molecule has 0 atom stereocenters. The summed E-state index contributed by atoms with van der Waals surface area (Å²) in [6.07, 6.45) is 5.27. The van der Waals surface area contributed by atoms with E-state index in [9.17, 15) is 4.79 Å². The fourth-order valence-electron chi connectivity index (χ4n) is 1.05. The Bertz CT molecular complexity index is 191. The fourth-order valence-corrected chi connectivity index (χ4v) is 1.05. The van der Waals surface area contributed by atoms with Crippen molar-refractivity contribution in [3.8, 4) is 0 Å². The van der Waals surface area contributed by atoms with Crippen molar-refractivity contribution in [3.05, 3.63) is 0 Å². The van der Waals surface area contributed by atoms with Gasteiger partial charge in [-0.3, -0.25) is 0 Å². The van der Waals surface area contributed by atoms with Gasteiger partial charge in [-0.25, -0.2) is 10.2 Å². The molecule has 1 N–H and O–H groups in total. The lowest BCUT2D eigenvalue weighted by Gasteiger charge is -2.01. The van der Waals surface area contributed by atoms with Gasteiger partial charge in [0, 0.05) is 5.71 Å². The molecule has 0 aliphatic heterocycles. The molecule has 0 aliphatic rings. The lowest BCUT2D eigenvalue weighted by atomic mass is 10.1. The predicted octanol–water partition coefficient (Wildman–Crippen LogP) is 2.69. The lowest BCUT2D eigenvalue weighted by molar-refractivity contribution is 0.171. The number of methoxy groups -OCH3 is 1. The van der Waals surface area contributed by atoms with Crippen molar-refractivity contribution in [3.63, 3.8) is 0 Å². The van der Waals surface area contributed by atoms with E-state index in [1.54, 1.807) is 0 Å². The van der Waals surface area contributed by atoms with Gasteiger partial charge in [-0.15, -0.1) is 0 Å². The lowest BCUT2D eigenvalue weighted by Crippen LogP contribution is -2.18. The Labute approximate surface area is 85.7 Å². The average Bonchev–Trinajstić information content (AvgIpc) is 2.21. The zero-order valence-corrected chi connectivity index (χ0v) is 9.30. The van der Waals surface area contributed by atoms with Crippen molar-refractivity contribution < 1.29 is 9.53 Å². The first-order valence-electron chi connectivity index (χ1n) is 5.07. The molecule has 0 fully saturated rings. The summed E-state index contributed by atoms with van der Waals surface area (Å²) < 4.78 is 4.39. The number of hydrogen-bond acceptors (Lipinski definition) is 3. The Hall–Kier alpha value is -1.06. The average molecular weight is 200 g/mol. The molecule has 82 valence electrons. The van der Waals surface area contributed by atoms with Crippen molar-refractivity contribution >= 4 is 11.8 Å². The van der Waals surface area contributed by atoms with Crippen molar-refractivity contribution in [2.75, 3.05) is 7.11 Å². The highest BCUT2D eigenvalue weighted by Gasteiger charge is 1.96. The third-order valence-electron chi connectivity index (χ3n) is 1.92. The predicted molar refractivity (Wildman–Crippen MR) is 57.4 cm³/mol. The number of hydrogen-bond donors (Lipinski definition) is 1. The quantitative estimate of drug-likeness (QED) is 0.407. The first-order chi connectivity index (χ1) is 6.70. The van der Waals surface area contributed by atoms with Gasteiger partial charge >= 0.3 is 6.09 Å². The summed E-state index contributed by atoms with van der Waals surface area (Å²) in [4.78, 5) is 10.7. The highest BCUT2D eigenvalue weighted by Crippen LogP contribution is 2.03. The maximum Gasteiger partial charge on any atom is 0.427 e.